The number of aryl methyl sites for hydroxylation is 1. The van der Waals surface area contributed by atoms with Crippen molar-refractivity contribution >= 4 is 18.0 Å². The lowest BCUT2D eigenvalue weighted by Crippen LogP contribution is -2.36. The van der Waals surface area contributed by atoms with Gasteiger partial charge < -0.3 is 14.8 Å². The van der Waals surface area contributed by atoms with Crippen molar-refractivity contribution in [2.45, 2.75) is 64.1 Å². The molecule has 2 fully saturated rings. The highest BCUT2D eigenvalue weighted by molar-refractivity contribution is 6.13. The molecule has 0 bridgehead atoms. The van der Waals surface area contributed by atoms with E-state index in [4.69, 9.17) is 9.47 Å². The van der Waals surface area contributed by atoms with E-state index in [1.807, 2.05) is 24.3 Å². The molecule has 0 atom stereocenters. The van der Waals surface area contributed by atoms with Crippen LogP contribution in [0.1, 0.15) is 73.9 Å². The molecule has 0 spiro atoms. The standard InChI is InChI=1S/C28H32N2O4/c1-17-14-21-22(27(4,5)11-10-26(21,2)3)16-20(17)28(33-12-13-34-28)19-8-6-18(7-9-19)15-23-24(31)30-25(32)29-23/h6-9,14-16H,10-13H2,1-5H3,(H2,29,30,31,32). The van der Waals surface area contributed by atoms with E-state index in [-0.39, 0.29) is 16.5 Å². The van der Waals surface area contributed by atoms with Crippen molar-refractivity contribution in [1.82, 2.24) is 10.6 Å². The SMILES string of the molecule is Cc1cc2c(cc1C1(c3ccc(C=C4NC(=O)NC4=O)cc3)OCCO1)C(C)(C)CCC2(C)C. The molecule has 0 saturated carbocycles. The van der Waals surface area contributed by atoms with Crippen molar-refractivity contribution in [3.8, 4) is 0 Å². The van der Waals surface area contributed by atoms with Crippen molar-refractivity contribution in [3.05, 3.63) is 75.5 Å². The lowest BCUT2D eigenvalue weighted by atomic mass is 9.62. The average molecular weight is 461 g/mol. The van der Waals surface area contributed by atoms with Crippen LogP contribution >= 0.6 is 0 Å². The van der Waals surface area contributed by atoms with Gasteiger partial charge in [-0.1, -0.05) is 58.0 Å². The zero-order chi connectivity index (χ0) is 24.3. The summed E-state index contributed by atoms with van der Waals surface area (Å²) < 4.78 is 12.7. The van der Waals surface area contributed by atoms with Gasteiger partial charge in [0, 0.05) is 11.1 Å². The van der Waals surface area contributed by atoms with E-state index in [9.17, 15) is 9.59 Å². The molecule has 0 radical (unpaired) electrons. The van der Waals surface area contributed by atoms with E-state index in [1.165, 1.54) is 17.5 Å². The number of imide groups is 1. The topological polar surface area (TPSA) is 76.7 Å². The van der Waals surface area contributed by atoms with Gasteiger partial charge in [-0.2, -0.15) is 0 Å². The fourth-order valence-corrected chi connectivity index (χ4v) is 5.41. The Morgan fingerprint density at radius 2 is 1.41 bits per heavy atom. The molecule has 3 amide bonds. The summed E-state index contributed by atoms with van der Waals surface area (Å²) in [6.07, 6.45) is 3.96. The molecule has 34 heavy (non-hydrogen) atoms. The minimum absolute atomic E-state index is 0.0788. The highest BCUT2D eigenvalue weighted by Crippen LogP contribution is 2.49. The molecular weight excluding hydrogens is 428 g/mol. The van der Waals surface area contributed by atoms with Gasteiger partial charge in [-0.3, -0.25) is 10.1 Å². The summed E-state index contributed by atoms with van der Waals surface area (Å²) in [5, 5.41) is 4.73. The van der Waals surface area contributed by atoms with Crippen LogP contribution in [0, 0.1) is 6.92 Å². The highest BCUT2D eigenvalue weighted by atomic mass is 16.7. The third-order valence-electron chi connectivity index (χ3n) is 7.57. The lowest BCUT2D eigenvalue weighted by Gasteiger charge is -2.43. The summed E-state index contributed by atoms with van der Waals surface area (Å²) in [4.78, 5) is 23.2. The molecule has 0 unspecified atom stereocenters. The molecule has 3 aliphatic rings. The summed E-state index contributed by atoms with van der Waals surface area (Å²) in [5.74, 6) is -1.40. The fourth-order valence-electron chi connectivity index (χ4n) is 5.41. The van der Waals surface area contributed by atoms with Crippen LogP contribution in [0.25, 0.3) is 6.08 Å². The van der Waals surface area contributed by atoms with E-state index >= 15 is 0 Å². The van der Waals surface area contributed by atoms with Crippen molar-refractivity contribution < 1.29 is 19.1 Å². The molecule has 2 saturated heterocycles. The van der Waals surface area contributed by atoms with Crippen LogP contribution in [-0.4, -0.2) is 25.2 Å². The second-order valence-electron chi connectivity index (χ2n) is 10.9. The van der Waals surface area contributed by atoms with Gasteiger partial charge in [0.1, 0.15) is 5.70 Å². The van der Waals surface area contributed by atoms with Crippen molar-refractivity contribution in [2.75, 3.05) is 13.2 Å². The maximum Gasteiger partial charge on any atom is 0.326 e. The smallest absolute Gasteiger partial charge is 0.326 e. The van der Waals surface area contributed by atoms with E-state index in [2.05, 4.69) is 57.4 Å². The first-order valence-electron chi connectivity index (χ1n) is 11.9. The molecule has 178 valence electrons. The van der Waals surface area contributed by atoms with Crippen LogP contribution < -0.4 is 10.6 Å². The first-order chi connectivity index (χ1) is 16.0. The number of benzene rings is 2. The molecule has 1 aliphatic carbocycles. The summed E-state index contributed by atoms with van der Waals surface area (Å²) in [7, 11) is 0. The first kappa shape index (κ1) is 22.8. The Morgan fingerprint density at radius 3 is 1.97 bits per heavy atom. The zero-order valence-electron chi connectivity index (χ0n) is 20.5. The highest BCUT2D eigenvalue weighted by Gasteiger charge is 2.45. The van der Waals surface area contributed by atoms with E-state index in [0.29, 0.717) is 13.2 Å². The van der Waals surface area contributed by atoms with Gasteiger partial charge >= 0.3 is 6.03 Å². The molecule has 6 nitrogen and oxygen atoms in total. The van der Waals surface area contributed by atoms with Crippen molar-refractivity contribution in [3.63, 3.8) is 0 Å². The van der Waals surface area contributed by atoms with Crippen LogP contribution in [-0.2, 0) is 30.9 Å². The fraction of sp³-hybridized carbons (Fsp3) is 0.429. The molecule has 5 rings (SSSR count). The van der Waals surface area contributed by atoms with Crippen LogP contribution in [0.5, 0.6) is 0 Å². The van der Waals surface area contributed by atoms with Crippen LogP contribution in [0.15, 0.2) is 42.1 Å². The number of rotatable bonds is 3. The van der Waals surface area contributed by atoms with Gasteiger partial charge in [0.15, 0.2) is 0 Å². The van der Waals surface area contributed by atoms with Gasteiger partial charge in [0.25, 0.3) is 5.91 Å². The molecule has 2 N–H and O–H groups in total. The predicted molar refractivity (Wildman–Crippen MR) is 130 cm³/mol. The minimum atomic E-state index is -0.971. The summed E-state index contributed by atoms with van der Waals surface area (Å²) in [5.41, 5.74) is 7.13. The zero-order valence-corrected chi connectivity index (χ0v) is 20.5. The lowest BCUT2D eigenvalue weighted by molar-refractivity contribution is -0.130. The maximum absolute atomic E-state index is 11.9. The summed E-state index contributed by atoms with van der Waals surface area (Å²) in [6, 6.07) is 11.9. The van der Waals surface area contributed by atoms with E-state index in [0.717, 1.165) is 28.7 Å². The number of amides is 3. The number of urea groups is 1. The van der Waals surface area contributed by atoms with Gasteiger partial charge in [0.2, 0.25) is 5.79 Å². The van der Waals surface area contributed by atoms with E-state index in [1.54, 1.807) is 6.08 Å². The number of carbonyl (C=O) groups is 2. The molecule has 2 heterocycles. The second kappa shape index (κ2) is 7.79. The first-order valence-corrected chi connectivity index (χ1v) is 11.9. The predicted octanol–water partition coefficient (Wildman–Crippen LogP) is 4.77. The molecule has 6 heteroatoms. The molecule has 2 aromatic carbocycles. The number of carbonyl (C=O) groups excluding carboxylic acids is 2. The number of hydrogen-bond acceptors (Lipinski definition) is 4. The molecule has 2 aromatic rings. The number of hydrogen-bond donors (Lipinski definition) is 2. The Hall–Kier alpha value is -2.96. The largest absolute Gasteiger partial charge is 0.340 e. The Labute approximate surface area is 200 Å². The van der Waals surface area contributed by atoms with Gasteiger partial charge in [-0.15, -0.1) is 0 Å². The number of fused-ring (bicyclic) bond motifs is 1. The van der Waals surface area contributed by atoms with Crippen LogP contribution in [0.3, 0.4) is 0 Å². The van der Waals surface area contributed by atoms with Gasteiger partial charge in [-0.25, -0.2) is 4.79 Å². The molecule has 2 aliphatic heterocycles. The third kappa shape index (κ3) is 3.65. The normalized spacial score (nSPS) is 23.5. The Kier molecular flexibility index (Phi) is 5.22. The minimum Gasteiger partial charge on any atom is -0.340 e. The van der Waals surface area contributed by atoms with Crippen molar-refractivity contribution in [2.24, 2.45) is 0 Å². The van der Waals surface area contributed by atoms with Crippen molar-refractivity contribution in [1.29, 1.82) is 0 Å². The summed E-state index contributed by atoms with van der Waals surface area (Å²) >= 11 is 0. The Balaban J connectivity index is 1.58. The maximum atomic E-state index is 11.9. The van der Waals surface area contributed by atoms with Crippen LogP contribution in [0.2, 0.25) is 0 Å². The quantitative estimate of drug-likeness (QED) is 0.511. The number of ether oxygens (including phenoxy) is 2. The van der Waals surface area contributed by atoms with Crippen LogP contribution in [0.4, 0.5) is 4.79 Å². The number of nitrogens with one attached hydrogen (secondary N) is 2. The second-order valence-corrected chi connectivity index (χ2v) is 10.9. The monoisotopic (exact) mass is 460 g/mol. The van der Waals surface area contributed by atoms with E-state index < -0.39 is 17.7 Å². The van der Waals surface area contributed by atoms with Gasteiger partial charge in [-0.05, 0) is 65.0 Å². The third-order valence-corrected chi connectivity index (χ3v) is 7.57. The summed E-state index contributed by atoms with van der Waals surface area (Å²) in [6.45, 7) is 12.5. The molecule has 0 aromatic heterocycles. The Morgan fingerprint density at radius 1 is 0.824 bits per heavy atom. The van der Waals surface area contributed by atoms with Gasteiger partial charge in [0.05, 0.1) is 13.2 Å². The molecular formula is C28H32N2O4. The average Bonchev–Trinajstić information content (AvgIpc) is 3.39. The Bertz CT molecular complexity index is 1200.